The minimum absolute atomic E-state index is 0.0484. The van der Waals surface area contributed by atoms with E-state index in [0.29, 0.717) is 0 Å². The van der Waals surface area contributed by atoms with Gasteiger partial charge in [-0.25, -0.2) is 4.39 Å². The minimum atomic E-state index is -0.467. The molecule has 0 aromatic heterocycles. The zero-order chi connectivity index (χ0) is 9.14. The first-order valence-electron chi connectivity index (χ1n) is 3.67. The van der Waals surface area contributed by atoms with E-state index in [9.17, 15) is 4.39 Å². The summed E-state index contributed by atoms with van der Waals surface area (Å²) >= 11 is 0. The Morgan fingerprint density at radius 1 is 1.58 bits per heavy atom. The molecular weight excluding hydrogens is 153 g/mol. The molecule has 0 fully saturated rings. The molecule has 61 valence electrons. The molecule has 0 heterocycles. The zero-order valence-corrected chi connectivity index (χ0v) is 6.84. The number of halogens is 1. The smallest absolute Gasteiger partial charge is 0.141 e. The Labute approximate surface area is 71.4 Å². The second-order valence-corrected chi connectivity index (χ2v) is 2.75. The van der Waals surface area contributed by atoms with E-state index in [-0.39, 0.29) is 11.5 Å². The van der Waals surface area contributed by atoms with E-state index >= 15 is 0 Å². The molecule has 1 aromatic rings. The average Bonchev–Trinajstić information content (AvgIpc) is 2.04. The molecule has 0 amide bonds. The fraction of sp³-hybridized carbons (Fsp3) is 0.200. The van der Waals surface area contributed by atoms with Crippen molar-refractivity contribution in [2.75, 3.05) is 0 Å². The number of nitrogens with zero attached hydrogens (tertiary/aromatic N) is 1. The lowest BCUT2D eigenvalue weighted by Gasteiger charge is -2.04. The van der Waals surface area contributed by atoms with Gasteiger partial charge in [0.2, 0.25) is 0 Å². The summed E-state index contributed by atoms with van der Waals surface area (Å²) < 4.78 is 13.0. The molecule has 1 rings (SSSR count). The summed E-state index contributed by atoms with van der Waals surface area (Å²) in [6, 6.07) is 6.32. The van der Waals surface area contributed by atoms with Crippen LogP contribution in [-0.4, -0.2) is 0 Å². The van der Waals surface area contributed by atoms with Crippen LogP contribution >= 0.6 is 0 Å². The summed E-state index contributed by atoms with van der Waals surface area (Å²) in [5.41, 5.74) is 0.894. The van der Waals surface area contributed by atoms with E-state index in [2.05, 4.69) is 6.92 Å². The van der Waals surface area contributed by atoms with E-state index in [1.807, 2.05) is 6.92 Å². The van der Waals surface area contributed by atoms with Crippen LogP contribution < -0.4 is 0 Å². The maximum absolute atomic E-state index is 13.0. The summed E-state index contributed by atoms with van der Waals surface area (Å²) in [4.78, 5) is 0. The van der Waals surface area contributed by atoms with Crippen LogP contribution in [0, 0.1) is 24.1 Å². The molecule has 0 aliphatic heterocycles. The molecule has 1 radical (unpaired) electrons. The molecule has 1 aromatic carbocycles. The molecule has 1 unspecified atom stereocenters. The topological polar surface area (TPSA) is 23.8 Å². The predicted octanol–water partition coefficient (Wildman–Crippen LogP) is 2.63. The Morgan fingerprint density at radius 2 is 2.25 bits per heavy atom. The van der Waals surface area contributed by atoms with Crippen molar-refractivity contribution in [2.24, 2.45) is 0 Å². The monoisotopic (exact) mass is 162 g/mol. The number of benzene rings is 1. The molecule has 0 aliphatic carbocycles. The quantitative estimate of drug-likeness (QED) is 0.622. The molecule has 1 nitrogen and oxygen atoms in total. The van der Waals surface area contributed by atoms with Crippen molar-refractivity contribution in [3.05, 3.63) is 42.1 Å². The van der Waals surface area contributed by atoms with Crippen LogP contribution in [0.1, 0.15) is 24.0 Å². The van der Waals surface area contributed by atoms with Crippen LogP contribution in [0.25, 0.3) is 0 Å². The van der Waals surface area contributed by atoms with Crippen molar-refractivity contribution in [1.82, 2.24) is 0 Å². The van der Waals surface area contributed by atoms with Crippen molar-refractivity contribution in [1.29, 1.82) is 5.26 Å². The summed E-state index contributed by atoms with van der Waals surface area (Å²) in [7, 11) is 0. The number of hydrogen-bond donors (Lipinski definition) is 0. The maximum atomic E-state index is 13.0. The van der Waals surface area contributed by atoms with Crippen molar-refractivity contribution < 1.29 is 4.39 Å². The van der Waals surface area contributed by atoms with Gasteiger partial charge in [-0.1, -0.05) is 13.0 Å². The predicted molar refractivity (Wildman–Crippen MR) is 44.9 cm³/mol. The fourth-order valence-electron chi connectivity index (χ4n) is 0.929. The third-order valence-corrected chi connectivity index (χ3v) is 1.68. The number of nitriles is 1. The number of hydrogen-bond acceptors (Lipinski definition) is 1. The third kappa shape index (κ3) is 1.62. The van der Waals surface area contributed by atoms with Gasteiger partial charge in [0.15, 0.2) is 0 Å². The molecule has 0 spiro atoms. The molecule has 0 saturated heterocycles. The standard InChI is InChI=1S/C10H9FN/c1-7(2)8-3-4-9(6-12)10(11)5-8/h3-5,7H,1H2,2H3. The average molecular weight is 162 g/mol. The van der Waals surface area contributed by atoms with Crippen LogP contribution in [0.2, 0.25) is 0 Å². The van der Waals surface area contributed by atoms with Crippen molar-refractivity contribution in [2.45, 2.75) is 12.8 Å². The van der Waals surface area contributed by atoms with E-state index in [4.69, 9.17) is 5.26 Å². The molecule has 1 atom stereocenters. The van der Waals surface area contributed by atoms with Crippen molar-refractivity contribution in [3.63, 3.8) is 0 Å². The Balaban J connectivity index is 3.12. The van der Waals surface area contributed by atoms with Crippen molar-refractivity contribution >= 4 is 0 Å². The van der Waals surface area contributed by atoms with Crippen LogP contribution in [0.5, 0.6) is 0 Å². The second kappa shape index (κ2) is 3.36. The molecule has 0 bridgehead atoms. The van der Waals surface area contributed by atoms with E-state index in [1.165, 1.54) is 12.1 Å². The van der Waals surface area contributed by atoms with Gasteiger partial charge in [-0.05, 0) is 30.5 Å². The molecule has 12 heavy (non-hydrogen) atoms. The van der Waals surface area contributed by atoms with Gasteiger partial charge in [-0.15, -0.1) is 0 Å². The van der Waals surface area contributed by atoms with Gasteiger partial charge in [-0.3, -0.25) is 0 Å². The van der Waals surface area contributed by atoms with Gasteiger partial charge in [0, 0.05) is 0 Å². The zero-order valence-electron chi connectivity index (χ0n) is 6.84. The molecular formula is C10H9FN. The lowest BCUT2D eigenvalue weighted by molar-refractivity contribution is 0.620. The minimum Gasteiger partial charge on any atom is -0.206 e. The van der Waals surface area contributed by atoms with Crippen molar-refractivity contribution in [3.8, 4) is 6.07 Å². The van der Waals surface area contributed by atoms with Crippen LogP contribution in [0.3, 0.4) is 0 Å². The summed E-state index contributed by atoms with van der Waals surface area (Å²) in [6.45, 7) is 5.63. The summed E-state index contributed by atoms with van der Waals surface area (Å²) in [5.74, 6) is -0.419. The SMILES string of the molecule is [CH2]C(C)c1ccc(C#N)c(F)c1. The first-order chi connectivity index (χ1) is 5.65. The van der Waals surface area contributed by atoms with E-state index in [0.717, 1.165) is 5.56 Å². The lowest BCUT2D eigenvalue weighted by atomic mass is 10.0. The maximum Gasteiger partial charge on any atom is 0.141 e. The molecule has 0 N–H and O–H groups in total. The highest BCUT2D eigenvalue weighted by atomic mass is 19.1. The lowest BCUT2D eigenvalue weighted by Crippen LogP contribution is -1.91. The van der Waals surface area contributed by atoms with E-state index < -0.39 is 5.82 Å². The van der Waals surface area contributed by atoms with Crippen LogP contribution in [0.4, 0.5) is 4.39 Å². The highest BCUT2D eigenvalue weighted by molar-refractivity contribution is 5.34. The Hall–Kier alpha value is -1.36. The van der Waals surface area contributed by atoms with Gasteiger partial charge in [0.05, 0.1) is 5.56 Å². The highest BCUT2D eigenvalue weighted by Gasteiger charge is 2.04. The van der Waals surface area contributed by atoms with Gasteiger partial charge in [0.1, 0.15) is 11.9 Å². The van der Waals surface area contributed by atoms with E-state index in [1.54, 1.807) is 12.1 Å². The van der Waals surface area contributed by atoms with Gasteiger partial charge >= 0.3 is 0 Å². The molecule has 0 saturated carbocycles. The first kappa shape index (κ1) is 8.73. The molecule has 2 heteroatoms. The normalized spacial score (nSPS) is 9.92. The van der Waals surface area contributed by atoms with Gasteiger partial charge in [-0.2, -0.15) is 5.26 Å². The van der Waals surface area contributed by atoms with Gasteiger partial charge < -0.3 is 0 Å². The Kier molecular flexibility index (Phi) is 2.44. The highest BCUT2D eigenvalue weighted by Crippen LogP contribution is 2.16. The van der Waals surface area contributed by atoms with Gasteiger partial charge in [0.25, 0.3) is 0 Å². The Bertz CT molecular complexity index is 323. The number of rotatable bonds is 1. The van der Waals surface area contributed by atoms with Crippen LogP contribution in [-0.2, 0) is 0 Å². The fourth-order valence-corrected chi connectivity index (χ4v) is 0.929. The van der Waals surface area contributed by atoms with Crippen LogP contribution in [0.15, 0.2) is 18.2 Å². The summed E-state index contributed by atoms with van der Waals surface area (Å²) in [5, 5.41) is 8.44. The summed E-state index contributed by atoms with van der Waals surface area (Å²) in [6.07, 6.45) is 0. The largest absolute Gasteiger partial charge is 0.206 e. The Morgan fingerprint density at radius 3 is 2.67 bits per heavy atom. The second-order valence-electron chi connectivity index (χ2n) is 2.75. The molecule has 0 aliphatic rings. The first-order valence-corrected chi connectivity index (χ1v) is 3.67. The third-order valence-electron chi connectivity index (χ3n) is 1.68.